The molecule has 0 atom stereocenters. The maximum Gasteiger partial charge on any atom is 0.269 e. The van der Waals surface area contributed by atoms with E-state index in [1.54, 1.807) is 23.5 Å². The summed E-state index contributed by atoms with van der Waals surface area (Å²) in [5.41, 5.74) is 4.70. The topological polar surface area (TPSA) is 46.4 Å². The van der Waals surface area contributed by atoms with Crippen molar-refractivity contribution in [2.75, 3.05) is 18.0 Å². The van der Waals surface area contributed by atoms with E-state index in [9.17, 15) is 10.1 Å². The van der Waals surface area contributed by atoms with Gasteiger partial charge in [-0.3, -0.25) is 10.1 Å². The van der Waals surface area contributed by atoms with Crippen LogP contribution in [0.5, 0.6) is 0 Å². The summed E-state index contributed by atoms with van der Waals surface area (Å²) in [7, 11) is 0. The van der Waals surface area contributed by atoms with Gasteiger partial charge in [-0.2, -0.15) is 0 Å². The van der Waals surface area contributed by atoms with Gasteiger partial charge in [0.1, 0.15) is 0 Å². The second-order valence-corrected chi connectivity index (χ2v) is 7.08. The van der Waals surface area contributed by atoms with E-state index in [-0.39, 0.29) is 10.6 Å². The van der Waals surface area contributed by atoms with Crippen LogP contribution in [0.15, 0.2) is 54.6 Å². The molecule has 0 saturated heterocycles. The van der Waals surface area contributed by atoms with Crippen LogP contribution < -0.4 is 4.90 Å². The number of rotatable bonds is 6. The van der Waals surface area contributed by atoms with Crippen LogP contribution >= 0.6 is 11.3 Å². The van der Waals surface area contributed by atoms with Crippen molar-refractivity contribution in [3.05, 3.63) is 70.3 Å². The number of nitrogens with zero attached hydrogens (tertiary/aromatic N) is 2. The summed E-state index contributed by atoms with van der Waals surface area (Å²) in [6, 6.07) is 17.2. The summed E-state index contributed by atoms with van der Waals surface area (Å²) < 4.78 is 0. The van der Waals surface area contributed by atoms with Gasteiger partial charge < -0.3 is 4.90 Å². The van der Waals surface area contributed by atoms with Crippen LogP contribution in [-0.2, 0) is 0 Å². The lowest BCUT2D eigenvalue weighted by Crippen LogP contribution is -2.21. The lowest BCUT2D eigenvalue weighted by Gasteiger charge is -2.20. The van der Waals surface area contributed by atoms with Gasteiger partial charge in [0.25, 0.3) is 5.69 Å². The lowest BCUT2D eigenvalue weighted by atomic mass is 9.98. The van der Waals surface area contributed by atoms with E-state index in [0.717, 1.165) is 24.2 Å². The molecule has 1 heterocycles. The number of benzene rings is 2. The predicted octanol–water partition coefficient (Wildman–Crippen LogP) is 6.14. The van der Waals surface area contributed by atoms with Crippen molar-refractivity contribution in [3.63, 3.8) is 0 Å². The fraction of sp³-hybridized carbons (Fsp3) is 0.238. The second-order valence-electron chi connectivity index (χ2n) is 6.08. The molecule has 0 N–H and O–H groups in total. The minimum absolute atomic E-state index is 0.117. The Hall–Kier alpha value is -2.66. The van der Waals surface area contributed by atoms with Gasteiger partial charge in [-0.05, 0) is 49.6 Å². The SMILES string of the molecule is CCN(CC)c1sc(-c2ccccc2)c(-c2ccc([N+](=O)[O-])cc2)c1C. The van der Waals surface area contributed by atoms with Gasteiger partial charge in [0.15, 0.2) is 0 Å². The molecule has 0 aliphatic carbocycles. The maximum absolute atomic E-state index is 11.0. The summed E-state index contributed by atoms with van der Waals surface area (Å²) in [5, 5.41) is 12.2. The lowest BCUT2D eigenvalue weighted by molar-refractivity contribution is -0.384. The van der Waals surface area contributed by atoms with E-state index < -0.39 is 0 Å². The van der Waals surface area contributed by atoms with Gasteiger partial charge in [0.2, 0.25) is 0 Å². The third kappa shape index (κ3) is 3.35. The number of nitro groups is 1. The van der Waals surface area contributed by atoms with Crippen molar-refractivity contribution < 1.29 is 4.92 Å². The highest BCUT2D eigenvalue weighted by Crippen LogP contribution is 2.47. The Balaban J connectivity index is 2.20. The minimum Gasteiger partial charge on any atom is -0.364 e. The van der Waals surface area contributed by atoms with Gasteiger partial charge in [-0.15, -0.1) is 11.3 Å². The van der Waals surface area contributed by atoms with Gasteiger partial charge >= 0.3 is 0 Å². The molecule has 134 valence electrons. The molecule has 0 fully saturated rings. The first-order chi connectivity index (χ1) is 12.6. The van der Waals surface area contributed by atoms with Gasteiger partial charge in [0.05, 0.1) is 9.92 Å². The number of non-ortho nitro benzene ring substituents is 1. The third-order valence-corrected chi connectivity index (χ3v) is 5.98. The third-order valence-electron chi connectivity index (χ3n) is 4.58. The number of hydrogen-bond acceptors (Lipinski definition) is 4. The van der Waals surface area contributed by atoms with Crippen molar-refractivity contribution >= 4 is 22.0 Å². The molecule has 1 aromatic heterocycles. The van der Waals surface area contributed by atoms with E-state index in [2.05, 4.69) is 37.8 Å². The average molecular weight is 366 g/mol. The van der Waals surface area contributed by atoms with Crippen LogP contribution in [0.25, 0.3) is 21.6 Å². The molecule has 26 heavy (non-hydrogen) atoms. The van der Waals surface area contributed by atoms with Gasteiger partial charge in [-0.1, -0.05) is 30.3 Å². The summed E-state index contributed by atoms with van der Waals surface area (Å²) in [5.74, 6) is 0. The zero-order valence-corrected chi connectivity index (χ0v) is 16.0. The van der Waals surface area contributed by atoms with Crippen LogP contribution in [0.4, 0.5) is 10.7 Å². The van der Waals surface area contributed by atoms with Crippen LogP contribution in [0.1, 0.15) is 19.4 Å². The highest BCUT2D eigenvalue weighted by molar-refractivity contribution is 7.20. The molecule has 3 aromatic rings. The largest absolute Gasteiger partial charge is 0.364 e. The molecular formula is C21H22N2O2S. The fourth-order valence-electron chi connectivity index (χ4n) is 3.20. The Labute approximate surface area is 157 Å². The highest BCUT2D eigenvalue weighted by Gasteiger charge is 2.21. The van der Waals surface area contributed by atoms with E-state index in [1.165, 1.54) is 21.0 Å². The van der Waals surface area contributed by atoms with E-state index >= 15 is 0 Å². The van der Waals surface area contributed by atoms with Crippen molar-refractivity contribution in [2.24, 2.45) is 0 Å². The molecule has 0 aliphatic rings. The normalized spacial score (nSPS) is 10.7. The number of thiophene rings is 1. The quantitative estimate of drug-likeness (QED) is 0.388. The van der Waals surface area contributed by atoms with Crippen LogP contribution in [0.3, 0.4) is 0 Å². The molecule has 5 heteroatoms. The summed E-state index contributed by atoms with van der Waals surface area (Å²) >= 11 is 1.79. The maximum atomic E-state index is 11.0. The van der Waals surface area contributed by atoms with Crippen molar-refractivity contribution in [3.8, 4) is 21.6 Å². The second kappa shape index (κ2) is 7.70. The zero-order chi connectivity index (χ0) is 18.7. The van der Waals surface area contributed by atoms with Crippen LogP contribution in [0.2, 0.25) is 0 Å². The smallest absolute Gasteiger partial charge is 0.269 e. The Morgan fingerprint density at radius 1 is 0.962 bits per heavy atom. The van der Waals surface area contributed by atoms with Crippen LogP contribution in [-0.4, -0.2) is 18.0 Å². The first-order valence-electron chi connectivity index (χ1n) is 8.75. The first-order valence-corrected chi connectivity index (χ1v) is 9.57. The predicted molar refractivity (Wildman–Crippen MR) is 110 cm³/mol. The van der Waals surface area contributed by atoms with Crippen molar-refractivity contribution in [2.45, 2.75) is 20.8 Å². The standard InChI is InChI=1S/C21H22N2O2S/c1-4-22(5-2)21-15(3)19(16-11-13-18(14-12-16)23(24)25)20(26-21)17-9-7-6-8-10-17/h6-14H,4-5H2,1-3H3. The van der Waals surface area contributed by atoms with E-state index in [1.807, 2.05) is 30.3 Å². The van der Waals surface area contributed by atoms with Gasteiger partial charge in [0, 0.05) is 35.7 Å². The van der Waals surface area contributed by atoms with Crippen molar-refractivity contribution in [1.29, 1.82) is 0 Å². The summed E-state index contributed by atoms with van der Waals surface area (Å²) in [4.78, 5) is 14.2. The Bertz CT molecular complexity index is 898. The molecule has 3 rings (SSSR count). The molecule has 0 amide bonds. The molecule has 0 aliphatic heterocycles. The van der Waals surface area contributed by atoms with E-state index in [4.69, 9.17) is 0 Å². The monoisotopic (exact) mass is 366 g/mol. The number of anilines is 1. The molecule has 2 aromatic carbocycles. The molecular weight excluding hydrogens is 344 g/mol. The fourth-order valence-corrected chi connectivity index (χ4v) is 4.67. The number of nitro benzene ring substituents is 1. The van der Waals surface area contributed by atoms with E-state index in [0.29, 0.717) is 0 Å². The van der Waals surface area contributed by atoms with Crippen molar-refractivity contribution in [1.82, 2.24) is 0 Å². The Kier molecular flexibility index (Phi) is 5.38. The number of hydrogen-bond donors (Lipinski definition) is 0. The minimum atomic E-state index is -0.357. The first kappa shape index (κ1) is 18.1. The highest BCUT2D eigenvalue weighted by atomic mass is 32.1. The molecule has 0 unspecified atom stereocenters. The summed E-state index contributed by atoms with van der Waals surface area (Å²) in [6.07, 6.45) is 0. The molecule has 0 saturated carbocycles. The van der Waals surface area contributed by atoms with Gasteiger partial charge in [-0.25, -0.2) is 0 Å². The Morgan fingerprint density at radius 2 is 1.58 bits per heavy atom. The Morgan fingerprint density at radius 3 is 2.12 bits per heavy atom. The summed E-state index contributed by atoms with van der Waals surface area (Å²) in [6.45, 7) is 8.37. The molecule has 0 bridgehead atoms. The molecule has 4 nitrogen and oxygen atoms in total. The zero-order valence-electron chi connectivity index (χ0n) is 15.2. The van der Waals surface area contributed by atoms with Crippen LogP contribution in [0, 0.1) is 17.0 Å². The molecule has 0 radical (unpaired) electrons. The average Bonchev–Trinajstić information content (AvgIpc) is 3.01. The molecule has 0 spiro atoms.